The van der Waals surface area contributed by atoms with Gasteiger partial charge in [-0.25, -0.2) is 0 Å². The van der Waals surface area contributed by atoms with Crippen LogP contribution in [0.15, 0.2) is 18.2 Å². The van der Waals surface area contributed by atoms with Crippen LogP contribution in [-0.4, -0.2) is 23.7 Å². The van der Waals surface area contributed by atoms with E-state index in [1.54, 1.807) is 18.2 Å². The van der Waals surface area contributed by atoms with Crippen molar-refractivity contribution >= 4 is 29.1 Å². The highest BCUT2D eigenvalue weighted by Crippen LogP contribution is 2.25. The number of benzene rings is 1. The Morgan fingerprint density at radius 2 is 1.84 bits per heavy atom. The monoisotopic (exact) mass is 301 g/mol. The zero-order chi connectivity index (χ0) is 13.8. The van der Waals surface area contributed by atoms with Gasteiger partial charge in [-0.3, -0.25) is 4.79 Å². The molecule has 1 aromatic carbocycles. The Kier molecular flexibility index (Phi) is 5.08. The largest absolute Gasteiger partial charge is 0.396 e. The number of hydrogen-bond donors (Lipinski definition) is 2. The summed E-state index contributed by atoms with van der Waals surface area (Å²) >= 11 is 11.8. The van der Waals surface area contributed by atoms with Crippen molar-refractivity contribution in [1.82, 2.24) is 5.32 Å². The molecule has 2 rings (SSSR count). The van der Waals surface area contributed by atoms with Crippen molar-refractivity contribution in [1.29, 1.82) is 0 Å². The van der Waals surface area contributed by atoms with Crippen LogP contribution in [0.4, 0.5) is 0 Å². The zero-order valence-corrected chi connectivity index (χ0v) is 12.0. The van der Waals surface area contributed by atoms with E-state index < -0.39 is 0 Å². The van der Waals surface area contributed by atoms with Gasteiger partial charge in [0.2, 0.25) is 0 Å². The second kappa shape index (κ2) is 6.60. The molecule has 2 unspecified atom stereocenters. The molecule has 2 atom stereocenters. The molecule has 5 heteroatoms. The molecule has 1 aliphatic carbocycles. The van der Waals surface area contributed by atoms with Crippen LogP contribution >= 0.6 is 23.2 Å². The molecule has 1 aliphatic rings. The van der Waals surface area contributed by atoms with E-state index in [0.717, 1.165) is 25.7 Å². The van der Waals surface area contributed by atoms with E-state index in [0.29, 0.717) is 15.6 Å². The van der Waals surface area contributed by atoms with Gasteiger partial charge in [-0.15, -0.1) is 0 Å². The molecule has 3 nitrogen and oxygen atoms in total. The van der Waals surface area contributed by atoms with Gasteiger partial charge in [0.05, 0.1) is 0 Å². The summed E-state index contributed by atoms with van der Waals surface area (Å²) in [4.78, 5) is 12.2. The molecule has 0 aliphatic heterocycles. The standard InChI is InChI=1S/C14H17Cl2NO2/c15-11-5-10(6-12(16)7-11)14(19)17-13-4-2-1-3-9(13)8-18/h5-7,9,13,18H,1-4,8H2,(H,17,19). The maximum absolute atomic E-state index is 12.2. The third-order valence-electron chi connectivity index (χ3n) is 3.58. The molecule has 0 aromatic heterocycles. The van der Waals surface area contributed by atoms with E-state index in [2.05, 4.69) is 5.32 Å². The summed E-state index contributed by atoms with van der Waals surface area (Å²) in [6.07, 6.45) is 4.06. The van der Waals surface area contributed by atoms with Crippen LogP contribution in [0.2, 0.25) is 10.0 Å². The Labute approximate surface area is 122 Å². The Balaban J connectivity index is 2.07. The van der Waals surface area contributed by atoms with Crippen molar-refractivity contribution in [2.45, 2.75) is 31.7 Å². The number of rotatable bonds is 3. The average Bonchev–Trinajstić information content (AvgIpc) is 2.38. The number of nitrogens with one attached hydrogen (secondary N) is 1. The molecule has 0 bridgehead atoms. The van der Waals surface area contributed by atoms with E-state index in [1.807, 2.05) is 0 Å². The Hall–Kier alpha value is -0.770. The molecule has 0 spiro atoms. The van der Waals surface area contributed by atoms with Crippen molar-refractivity contribution in [2.24, 2.45) is 5.92 Å². The topological polar surface area (TPSA) is 49.3 Å². The number of aliphatic hydroxyl groups excluding tert-OH is 1. The molecule has 0 saturated heterocycles. The molecule has 1 fully saturated rings. The normalized spacial score (nSPS) is 23.1. The number of hydrogen-bond acceptors (Lipinski definition) is 2. The van der Waals surface area contributed by atoms with Crippen molar-refractivity contribution in [2.75, 3.05) is 6.61 Å². The fourth-order valence-electron chi connectivity index (χ4n) is 2.55. The minimum absolute atomic E-state index is 0.0315. The first-order valence-electron chi connectivity index (χ1n) is 6.48. The summed E-state index contributed by atoms with van der Waals surface area (Å²) in [5.41, 5.74) is 0.458. The molecular formula is C14H17Cl2NO2. The first-order valence-corrected chi connectivity index (χ1v) is 7.23. The van der Waals surface area contributed by atoms with Crippen LogP contribution in [0.25, 0.3) is 0 Å². The van der Waals surface area contributed by atoms with Crippen molar-refractivity contribution in [3.63, 3.8) is 0 Å². The maximum Gasteiger partial charge on any atom is 0.251 e. The number of carbonyl (C=O) groups excluding carboxylic acids is 1. The van der Waals surface area contributed by atoms with E-state index in [4.69, 9.17) is 23.2 Å². The lowest BCUT2D eigenvalue weighted by atomic mass is 9.85. The number of aliphatic hydroxyl groups is 1. The minimum Gasteiger partial charge on any atom is -0.396 e. The lowest BCUT2D eigenvalue weighted by Crippen LogP contribution is -2.43. The summed E-state index contributed by atoms with van der Waals surface area (Å²) in [6, 6.07) is 4.82. The molecule has 2 N–H and O–H groups in total. The van der Waals surface area contributed by atoms with Crippen LogP contribution in [0.1, 0.15) is 36.0 Å². The summed E-state index contributed by atoms with van der Waals surface area (Å²) in [5.74, 6) is -0.0397. The van der Waals surface area contributed by atoms with Crippen LogP contribution in [0, 0.1) is 5.92 Å². The van der Waals surface area contributed by atoms with Gasteiger partial charge in [0.1, 0.15) is 0 Å². The van der Waals surface area contributed by atoms with Crippen molar-refractivity contribution in [3.05, 3.63) is 33.8 Å². The van der Waals surface area contributed by atoms with Gasteiger partial charge in [0.15, 0.2) is 0 Å². The predicted octanol–water partition coefficient (Wildman–Crippen LogP) is 3.27. The average molecular weight is 302 g/mol. The van der Waals surface area contributed by atoms with E-state index in [9.17, 15) is 9.90 Å². The first kappa shape index (κ1) is 14.6. The first-order chi connectivity index (χ1) is 9.10. The lowest BCUT2D eigenvalue weighted by molar-refractivity contribution is 0.0872. The zero-order valence-electron chi connectivity index (χ0n) is 10.5. The number of carbonyl (C=O) groups is 1. The molecule has 1 amide bonds. The summed E-state index contributed by atoms with van der Waals surface area (Å²) in [5, 5.41) is 13.2. The predicted molar refractivity (Wildman–Crippen MR) is 76.8 cm³/mol. The molecule has 19 heavy (non-hydrogen) atoms. The fourth-order valence-corrected chi connectivity index (χ4v) is 3.08. The SMILES string of the molecule is O=C(NC1CCCCC1CO)c1cc(Cl)cc(Cl)c1. The second-order valence-electron chi connectivity index (χ2n) is 4.97. The molecule has 104 valence electrons. The highest BCUT2D eigenvalue weighted by atomic mass is 35.5. The molecule has 0 heterocycles. The van der Waals surface area contributed by atoms with Crippen LogP contribution < -0.4 is 5.32 Å². The van der Waals surface area contributed by atoms with E-state index in [1.165, 1.54) is 0 Å². The van der Waals surface area contributed by atoms with E-state index >= 15 is 0 Å². The third kappa shape index (κ3) is 3.85. The number of amides is 1. The Bertz CT molecular complexity index is 445. The summed E-state index contributed by atoms with van der Waals surface area (Å²) in [6.45, 7) is 0.112. The van der Waals surface area contributed by atoms with Gasteiger partial charge in [0, 0.05) is 34.2 Å². The molecule has 0 radical (unpaired) electrons. The highest BCUT2D eigenvalue weighted by molar-refractivity contribution is 6.35. The maximum atomic E-state index is 12.2. The highest BCUT2D eigenvalue weighted by Gasteiger charge is 2.26. The third-order valence-corrected chi connectivity index (χ3v) is 4.02. The minimum atomic E-state index is -0.185. The molecular weight excluding hydrogens is 285 g/mol. The van der Waals surface area contributed by atoms with E-state index in [-0.39, 0.29) is 24.5 Å². The van der Waals surface area contributed by atoms with Gasteiger partial charge in [-0.1, -0.05) is 36.0 Å². The molecule has 1 aromatic rings. The van der Waals surface area contributed by atoms with Gasteiger partial charge in [-0.05, 0) is 31.0 Å². The summed E-state index contributed by atoms with van der Waals surface area (Å²) < 4.78 is 0. The van der Waals surface area contributed by atoms with Crippen molar-refractivity contribution < 1.29 is 9.90 Å². The van der Waals surface area contributed by atoms with Gasteiger partial charge in [-0.2, -0.15) is 0 Å². The molecule has 1 saturated carbocycles. The van der Waals surface area contributed by atoms with Crippen molar-refractivity contribution in [3.8, 4) is 0 Å². The smallest absolute Gasteiger partial charge is 0.251 e. The quantitative estimate of drug-likeness (QED) is 0.900. The summed E-state index contributed by atoms with van der Waals surface area (Å²) in [7, 11) is 0. The number of halogens is 2. The Morgan fingerprint density at radius 3 is 2.47 bits per heavy atom. The van der Waals surface area contributed by atoms with Crippen LogP contribution in [0.5, 0.6) is 0 Å². The van der Waals surface area contributed by atoms with Gasteiger partial charge < -0.3 is 10.4 Å². The van der Waals surface area contributed by atoms with Crippen LogP contribution in [-0.2, 0) is 0 Å². The Morgan fingerprint density at radius 1 is 1.21 bits per heavy atom. The lowest BCUT2D eigenvalue weighted by Gasteiger charge is -2.30. The van der Waals surface area contributed by atoms with Gasteiger partial charge >= 0.3 is 0 Å². The van der Waals surface area contributed by atoms with Crippen LogP contribution in [0.3, 0.4) is 0 Å². The second-order valence-corrected chi connectivity index (χ2v) is 5.84. The van der Waals surface area contributed by atoms with Gasteiger partial charge in [0.25, 0.3) is 5.91 Å². The fraction of sp³-hybridized carbons (Fsp3) is 0.500.